The summed E-state index contributed by atoms with van der Waals surface area (Å²) in [5.74, 6) is 0.936. The van der Waals surface area contributed by atoms with E-state index in [9.17, 15) is 0 Å². The fourth-order valence-corrected chi connectivity index (χ4v) is 1.79. The first-order chi connectivity index (χ1) is 6.70. The molecule has 2 heterocycles. The maximum atomic E-state index is 5.81. The maximum absolute atomic E-state index is 5.81. The third-order valence-corrected chi connectivity index (χ3v) is 2.50. The van der Waals surface area contributed by atoms with E-state index in [0.29, 0.717) is 11.8 Å². The molecule has 0 spiro atoms. The van der Waals surface area contributed by atoms with E-state index in [1.807, 2.05) is 17.7 Å². The van der Waals surface area contributed by atoms with Crippen LogP contribution in [0.1, 0.15) is 30.7 Å². The average molecular weight is 190 g/mol. The smallest absolute Gasteiger partial charge is 0.151 e. The molecule has 1 aliphatic rings. The number of rotatable bonds is 0. The lowest BCUT2D eigenvalue weighted by molar-refractivity contribution is 0.691. The van der Waals surface area contributed by atoms with Crippen molar-refractivity contribution in [3.8, 4) is 0 Å². The van der Waals surface area contributed by atoms with Gasteiger partial charge in [-0.1, -0.05) is 13.0 Å². The number of nitrogens with zero attached hydrogens (tertiary/aromatic N) is 3. The van der Waals surface area contributed by atoms with Crippen LogP contribution in [-0.2, 0) is 7.05 Å². The van der Waals surface area contributed by atoms with Crippen LogP contribution in [0.5, 0.6) is 0 Å². The fourth-order valence-electron chi connectivity index (χ4n) is 1.79. The number of aliphatic imine (C=N–C) groups is 1. The number of imidazole rings is 1. The number of nitrogens with two attached hydrogens (primary N) is 1. The summed E-state index contributed by atoms with van der Waals surface area (Å²) < 4.78 is 2.02. The molecule has 1 atom stereocenters. The molecule has 0 aromatic carbocycles. The predicted octanol–water partition coefficient (Wildman–Crippen LogP) is 1.15. The van der Waals surface area contributed by atoms with Crippen LogP contribution < -0.4 is 5.73 Å². The van der Waals surface area contributed by atoms with Crippen LogP contribution in [0.15, 0.2) is 23.6 Å². The standard InChI is InChI=1S/C10H14N4/c1-7-4-3-5-12-10(11)8-9(7)14(2)6-13-8/h3,5-7H,4H2,1-2H3,(H2,11,12)/b5-3+. The minimum atomic E-state index is 0.433. The topological polar surface area (TPSA) is 56.2 Å². The van der Waals surface area contributed by atoms with Crippen LogP contribution >= 0.6 is 0 Å². The van der Waals surface area contributed by atoms with Crippen LogP contribution in [-0.4, -0.2) is 15.4 Å². The lowest BCUT2D eigenvalue weighted by Crippen LogP contribution is -2.18. The van der Waals surface area contributed by atoms with Crippen molar-refractivity contribution < 1.29 is 0 Å². The van der Waals surface area contributed by atoms with Crippen LogP contribution in [0.4, 0.5) is 0 Å². The molecule has 0 aliphatic carbocycles. The number of aromatic nitrogens is 2. The van der Waals surface area contributed by atoms with Crippen molar-refractivity contribution in [1.29, 1.82) is 0 Å². The Morgan fingerprint density at radius 3 is 3.14 bits per heavy atom. The third kappa shape index (κ3) is 1.32. The Labute approximate surface area is 83.2 Å². The minimum absolute atomic E-state index is 0.433. The Hall–Kier alpha value is -1.58. The van der Waals surface area contributed by atoms with E-state index < -0.39 is 0 Å². The molecule has 1 aliphatic heterocycles. The minimum Gasteiger partial charge on any atom is -0.382 e. The molecule has 0 fully saturated rings. The summed E-state index contributed by atoms with van der Waals surface area (Å²) in [5, 5.41) is 0. The average Bonchev–Trinajstić information content (AvgIpc) is 2.52. The summed E-state index contributed by atoms with van der Waals surface area (Å²) in [7, 11) is 1.99. The molecule has 1 unspecified atom stereocenters. The van der Waals surface area contributed by atoms with Crippen molar-refractivity contribution in [3.63, 3.8) is 0 Å². The highest BCUT2D eigenvalue weighted by Crippen LogP contribution is 2.23. The van der Waals surface area contributed by atoms with E-state index in [-0.39, 0.29) is 0 Å². The molecule has 4 nitrogen and oxygen atoms in total. The molecule has 2 N–H and O–H groups in total. The van der Waals surface area contributed by atoms with E-state index >= 15 is 0 Å². The second-order valence-electron chi connectivity index (χ2n) is 3.63. The molecule has 1 aromatic rings. The third-order valence-electron chi connectivity index (χ3n) is 2.50. The zero-order valence-electron chi connectivity index (χ0n) is 8.44. The Morgan fingerprint density at radius 2 is 2.36 bits per heavy atom. The maximum Gasteiger partial charge on any atom is 0.151 e. The number of fused-ring (bicyclic) bond motifs is 1. The van der Waals surface area contributed by atoms with Gasteiger partial charge in [-0.25, -0.2) is 9.98 Å². The van der Waals surface area contributed by atoms with Gasteiger partial charge in [0.1, 0.15) is 5.69 Å². The van der Waals surface area contributed by atoms with Gasteiger partial charge in [-0.2, -0.15) is 0 Å². The Kier molecular flexibility index (Phi) is 2.11. The molecule has 0 amide bonds. The molecule has 2 rings (SSSR count). The zero-order valence-corrected chi connectivity index (χ0v) is 8.44. The van der Waals surface area contributed by atoms with Crippen molar-refractivity contribution in [1.82, 2.24) is 9.55 Å². The molecular formula is C10H14N4. The van der Waals surface area contributed by atoms with Crippen LogP contribution in [0.2, 0.25) is 0 Å². The number of allylic oxidation sites excluding steroid dienone is 1. The van der Waals surface area contributed by atoms with E-state index in [1.165, 1.54) is 0 Å². The van der Waals surface area contributed by atoms with Crippen molar-refractivity contribution in [2.75, 3.05) is 0 Å². The van der Waals surface area contributed by atoms with Gasteiger partial charge in [0.25, 0.3) is 0 Å². The van der Waals surface area contributed by atoms with E-state index in [2.05, 4.69) is 16.9 Å². The SMILES string of the molecule is CC1C/C=C/N=C(N)c2ncn(C)c21. The molecule has 14 heavy (non-hydrogen) atoms. The highest BCUT2D eigenvalue weighted by atomic mass is 15.1. The highest BCUT2D eigenvalue weighted by Gasteiger charge is 2.18. The van der Waals surface area contributed by atoms with Crippen molar-refractivity contribution in [2.45, 2.75) is 19.3 Å². The van der Waals surface area contributed by atoms with E-state index in [0.717, 1.165) is 17.8 Å². The van der Waals surface area contributed by atoms with Gasteiger partial charge in [-0.05, 0) is 6.42 Å². The van der Waals surface area contributed by atoms with Gasteiger partial charge < -0.3 is 10.3 Å². The predicted molar refractivity (Wildman–Crippen MR) is 56.1 cm³/mol. The molecule has 1 aromatic heterocycles. The lowest BCUT2D eigenvalue weighted by atomic mass is 10.0. The van der Waals surface area contributed by atoms with E-state index in [4.69, 9.17) is 5.73 Å². The summed E-state index contributed by atoms with van der Waals surface area (Å²) >= 11 is 0. The van der Waals surface area contributed by atoms with Gasteiger partial charge >= 0.3 is 0 Å². The Balaban J connectivity index is 2.58. The van der Waals surface area contributed by atoms with Gasteiger partial charge in [-0.15, -0.1) is 0 Å². The molecule has 0 saturated carbocycles. The summed E-state index contributed by atoms with van der Waals surface area (Å²) in [6, 6.07) is 0. The normalized spacial score (nSPS) is 23.3. The summed E-state index contributed by atoms with van der Waals surface area (Å²) in [6.07, 6.45) is 6.55. The Morgan fingerprint density at radius 1 is 1.57 bits per heavy atom. The molecule has 0 radical (unpaired) electrons. The Bertz CT molecular complexity index is 400. The largest absolute Gasteiger partial charge is 0.382 e. The molecule has 0 bridgehead atoms. The van der Waals surface area contributed by atoms with Crippen molar-refractivity contribution in [3.05, 3.63) is 30.0 Å². The second-order valence-corrected chi connectivity index (χ2v) is 3.63. The lowest BCUT2D eigenvalue weighted by Gasteiger charge is -2.13. The molecular weight excluding hydrogens is 176 g/mol. The monoisotopic (exact) mass is 190 g/mol. The van der Waals surface area contributed by atoms with Crippen LogP contribution in [0, 0.1) is 0 Å². The van der Waals surface area contributed by atoms with Crippen LogP contribution in [0.25, 0.3) is 0 Å². The van der Waals surface area contributed by atoms with Gasteiger partial charge in [0.05, 0.1) is 12.0 Å². The highest BCUT2D eigenvalue weighted by molar-refractivity contribution is 5.97. The quantitative estimate of drug-likeness (QED) is 0.667. The second kappa shape index (κ2) is 3.29. The molecule has 0 saturated heterocycles. The van der Waals surface area contributed by atoms with Gasteiger partial charge in [0.2, 0.25) is 0 Å². The van der Waals surface area contributed by atoms with Gasteiger partial charge in [0, 0.05) is 19.2 Å². The number of aryl methyl sites for hydroxylation is 1. The van der Waals surface area contributed by atoms with Crippen molar-refractivity contribution in [2.24, 2.45) is 17.8 Å². The first-order valence-electron chi connectivity index (χ1n) is 4.70. The van der Waals surface area contributed by atoms with Crippen LogP contribution in [0.3, 0.4) is 0 Å². The molecule has 4 heteroatoms. The zero-order chi connectivity index (χ0) is 10.1. The van der Waals surface area contributed by atoms with E-state index in [1.54, 1.807) is 12.5 Å². The first kappa shape index (κ1) is 8.99. The number of hydrogen-bond donors (Lipinski definition) is 1. The molecule has 74 valence electrons. The number of amidine groups is 1. The summed E-state index contributed by atoms with van der Waals surface area (Å²) in [6.45, 7) is 2.17. The van der Waals surface area contributed by atoms with Crippen molar-refractivity contribution >= 4 is 5.84 Å². The number of hydrogen-bond acceptors (Lipinski definition) is 3. The summed E-state index contributed by atoms with van der Waals surface area (Å²) in [5.41, 5.74) is 7.80. The van der Waals surface area contributed by atoms with Gasteiger partial charge in [-0.3, -0.25) is 0 Å². The van der Waals surface area contributed by atoms with Gasteiger partial charge in [0.15, 0.2) is 5.84 Å². The first-order valence-corrected chi connectivity index (χ1v) is 4.70. The fraction of sp³-hybridized carbons (Fsp3) is 0.400. The summed E-state index contributed by atoms with van der Waals surface area (Å²) in [4.78, 5) is 8.37.